The number of hydrazine groups is 1. The highest BCUT2D eigenvalue weighted by Gasteiger charge is 2.42. The average Bonchev–Trinajstić information content (AvgIpc) is 3.61. The van der Waals surface area contributed by atoms with Gasteiger partial charge in [0, 0.05) is 36.6 Å². The zero-order chi connectivity index (χ0) is 28.6. The molecule has 3 aromatic rings. The van der Waals surface area contributed by atoms with E-state index in [1.54, 1.807) is 42.9 Å². The number of benzene rings is 1. The molecule has 4 N–H and O–H groups in total. The molecular formula is C30H38N6O4. The first-order valence-electron chi connectivity index (χ1n) is 14.2. The minimum atomic E-state index is -1.30. The van der Waals surface area contributed by atoms with Crippen LogP contribution in [0.2, 0.25) is 0 Å². The van der Waals surface area contributed by atoms with Crippen molar-refractivity contribution in [3.05, 3.63) is 52.8 Å². The van der Waals surface area contributed by atoms with Crippen molar-refractivity contribution in [1.29, 1.82) is 0 Å². The second kappa shape index (κ2) is 9.36. The quantitative estimate of drug-likeness (QED) is 0.245. The summed E-state index contributed by atoms with van der Waals surface area (Å²) in [4.78, 5) is 34.0. The third-order valence-electron chi connectivity index (χ3n) is 9.03. The van der Waals surface area contributed by atoms with Crippen molar-refractivity contribution in [3.8, 4) is 11.3 Å². The number of rotatable bonds is 6. The van der Waals surface area contributed by atoms with Gasteiger partial charge in [-0.3, -0.25) is 14.6 Å². The van der Waals surface area contributed by atoms with Crippen molar-refractivity contribution >= 4 is 17.5 Å². The van der Waals surface area contributed by atoms with E-state index in [0.29, 0.717) is 66.2 Å². The van der Waals surface area contributed by atoms with Gasteiger partial charge in [-0.05, 0) is 101 Å². The van der Waals surface area contributed by atoms with Gasteiger partial charge in [-0.15, -0.1) is 0 Å². The Hall–Kier alpha value is -3.34. The van der Waals surface area contributed by atoms with Gasteiger partial charge in [0.25, 0.3) is 11.8 Å². The van der Waals surface area contributed by atoms with Crippen LogP contribution in [0, 0.1) is 5.92 Å². The number of hydrogen-bond donors (Lipinski definition) is 3. The Morgan fingerprint density at radius 3 is 2.58 bits per heavy atom. The van der Waals surface area contributed by atoms with Gasteiger partial charge in [0.1, 0.15) is 11.3 Å². The Balaban J connectivity index is 1.45. The van der Waals surface area contributed by atoms with Crippen LogP contribution in [0.25, 0.3) is 16.9 Å². The van der Waals surface area contributed by atoms with E-state index in [1.807, 2.05) is 17.9 Å². The van der Waals surface area contributed by atoms with Crippen molar-refractivity contribution in [2.24, 2.45) is 11.8 Å². The molecule has 2 aromatic heterocycles. The monoisotopic (exact) mass is 546 g/mol. The highest BCUT2D eigenvalue weighted by Crippen LogP contribution is 2.42. The molecule has 0 spiro atoms. The molecule has 40 heavy (non-hydrogen) atoms. The van der Waals surface area contributed by atoms with Gasteiger partial charge in [0.05, 0.1) is 16.8 Å². The molecule has 2 saturated carbocycles. The number of carbonyl (C=O) groups excluding carboxylic acids is 2. The van der Waals surface area contributed by atoms with E-state index in [0.717, 1.165) is 18.4 Å². The molecule has 0 unspecified atom stereocenters. The number of carbonyl (C=O) groups is 2. The maximum Gasteiger partial charge on any atom is 0.274 e. The maximum atomic E-state index is 14.0. The summed E-state index contributed by atoms with van der Waals surface area (Å²) < 4.78 is 1.56. The van der Waals surface area contributed by atoms with Crippen molar-refractivity contribution in [2.45, 2.75) is 96.1 Å². The number of nitrogens with zero attached hydrogens (tertiary/aromatic N) is 5. The fourth-order valence-corrected chi connectivity index (χ4v) is 6.34. The average molecular weight is 547 g/mol. The van der Waals surface area contributed by atoms with Crippen LogP contribution < -0.4 is 5.84 Å². The van der Waals surface area contributed by atoms with Gasteiger partial charge in [-0.25, -0.2) is 15.3 Å². The lowest BCUT2D eigenvalue weighted by Crippen LogP contribution is -2.49. The molecule has 2 amide bonds. The highest BCUT2D eigenvalue weighted by molar-refractivity contribution is 6.06. The van der Waals surface area contributed by atoms with Crippen LogP contribution in [0.5, 0.6) is 0 Å². The third-order valence-corrected chi connectivity index (χ3v) is 9.03. The minimum Gasteiger partial charge on any atom is -0.390 e. The normalized spacial score (nSPS) is 23.9. The zero-order valence-electron chi connectivity index (χ0n) is 23.6. The lowest BCUT2D eigenvalue weighted by atomic mass is 9.83. The molecular weight excluding hydrogens is 508 g/mol. The predicted molar refractivity (Wildman–Crippen MR) is 149 cm³/mol. The first kappa shape index (κ1) is 26.9. The van der Waals surface area contributed by atoms with Gasteiger partial charge in [0.15, 0.2) is 5.65 Å². The lowest BCUT2D eigenvalue weighted by molar-refractivity contribution is -0.00379. The molecule has 6 rings (SSSR count). The van der Waals surface area contributed by atoms with Crippen LogP contribution in [-0.4, -0.2) is 64.2 Å². The summed E-state index contributed by atoms with van der Waals surface area (Å²) in [5.41, 5.74) is 1.49. The van der Waals surface area contributed by atoms with Crippen LogP contribution in [0.1, 0.15) is 98.1 Å². The number of fused-ring (bicyclic) bond motifs is 2. The molecule has 3 aliphatic rings. The summed E-state index contributed by atoms with van der Waals surface area (Å²) in [5, 5.41) is 27.6. The molecule has 0 bridgehead atoms. The van der Waals surface area contributed by atoms with E-state index in [9.17, 15) is 19.8 Å². The number of amides is 2. The van der Waals surface area contributed by atoms with Crippen molar-refractivity contribution in [2.75, 3.05) is 0 Å². The number of aliphatic hydroxyl groups is 2. The summed E-state index contributed by atoms with van der Waals surface area (Å²) in [6, 6.07) is 5.33. The Bertz CT molecular complexity index is 1490. The summed E-state index contributed by atoms with van der Waals surface area (Å²) >= 11 is 0. The van der Waals surface area contributed by atoms with Gasteiger partial charge in [0.2, 0.25) is 0 Å². The highest BCUT2D eigenvalue weighted by atomic mass is 16.3. The van der Waals surface area contributed by atoms with Crippen molar-refractivity contribution < 1.29 is 19.8 Å². The van der Waals surface area contributed by atoms with Crippen LogP contribution in [0.15, 0.2) is 30.6 Å². The molecule has 0 radical (unpaired) electrons. The molecule has 1 aliphatic heterocycles. The molecule has 2 fully saturated rings. The first-order chi connectivity index (χ1) is 18.9. The molecule has 10 nitrogen and oxygen atoms in total. The predicted octanol–water partition coefficient (Wildman–Crippen LogP) is 3.39. The van der Waals surface area contributed by atoms with E-state index < -0.39 is 17.1 Å². The smallest absolute Gasteiger partial charge is 0.274 e. The molecule has 2 aliphatic carbocycles. The summed E-state index contributed by atoms with van der Waals surface area (Å²) in [6.45, 7) is 7.69. The van der Waals surface area contributed by atoms with Crippen LogP contribution >= 0.6 is 0 Å². The lowest BCUT2D eigenvalue weighted by Gasteiger charge is -2.37. The maximum absolute atomic E-state index is 14.0. The van der Waals surface area contributed by atoms with Crippen LogP contribution in [0.3, 0.4) is 0 Å². The van der Waals surface area contributed by atoms with E-state index in [1.165, 1.54) is 5.01 Å². The Kier molecular flexibility index (Phi) is 6.28. The minimum absolute atomic E-state index is 0.0626. The molecule has 10 heteroatoms. The fraction of sp³-hybridized carbons (Fsp3) is 0.533. The van der Waals surface area contributed by atoms with Gasteiger partial charge >= 0.3 is 0 Å². The Morgan fingerprint density at radius 1 is 1.23 bits per heavy atom. The van der Waals surface area contributed by atoms with Crippen LogP contribution in [-0.2, 0) is 12.1 Å². The van der Waals surface area contributed by atoms with Crippen molar-refractivity contribution in [1.82, 2.24) is 24.5 Å². The van der Waals surface area contributed by atoms with E-state index in [2.05, 4.69) is 11.9 Å². The molecule has 3 heterocycles. The molecule has 212 valence electrons. The second-order valence-electron chi connectivity index (χ2n) is 12.7. The van der Waals surface area contributed by atoms with Crippen LogP contribution in [0.4, 0.5) is 0 Å². The standard InChI is InChI=1S/C30H38N6O4/c1-17(18-6-7-18)34-16-20-14-19(15-22(29(2,3)39)23(20)27(34)37)25-24(26-32-12-5-13-35(26)33-25)28(38)36(31)21-8-10-30(4,40)11-9-21/h5,12-15,17-18,21,39-40H,6-11,16,31H2,1-4H3/t17-,21?,30?/m0/s1. The molecule has 0 saturated heterocycles. The summed E-state index contributed by atoms with van der Waals surface area (Å²) in [6.07, 6.45) is 7.89. The first-order valence-corrected chi connectivity index (χ1v) is 14.2. The SMILES string of the molecule is C[C@@H](C1CC1)N1Cc2cc(-c3nn4cccnc4c3C(=O)N(N)C3CCC(C)(O)CC3)cc(C(C)(C)O)c2C1=O. The molecule has 1 atom stereocenters. The van der Waals surface area contributed by atoms with Gasteiger partial charge < -0.3 is 15.1 Å². The van der Waals surface area contributed by atoms with E-state index >= 15 is 0 Å². The van der Waals surface area contributed by atoms with Gasteiger partial charge in [-0.2, -0.15) is 5.10 Å². The topological polar surface area (TPSA) is 137 Å². The van der Waals surface area contributed by atoms with Gasteiger partial charge in [-0.1, -0.05) is 0 Å². The zero-order valence-corrected chi connectivity index (χ0v) is 23.6. The summed E-state index contributed by atoms with van der Waals surface area (Å²) in [5.74, 6) is 6.49. The fourth-order valence-electron chi connectivity index (χ4n) is 6.34. The number of aromatic nitrogens is 3. The third kappa shape index (κ3) is 4.57. The number of nitrogens with two attached hydrogens (primary N) is 1. The number of hydrogen-bond acceptors (Lipinski definition) is 7. The Labute approximate surface area is 233 Å². The molecule has 1 aromatic carbocycles. The Morgan fingerprint density at radius 2 is 1.93 bits per heavy atom. The summed E-state index contributed by atoms with van der Waals surface area (Å²) in [7, 11) is 0. The largest absolute Gasteiger partial charge is 0.390 e. The van der Waals surface area contributed by atoms with E-state index in [-0.39, 0.29) is 23.6 Å². The van der Waals surface area contributed by atoms with E-state index in [4.69, 9.17) is 10.9 Å². The van der Waals surface area contributed by atoms with Crippen molar-refractivity contribution in [3.63, 3.8) is 0 Å². The second-order valence-corrected chi connectivity index (χ2v) is 12.7.